The quantitative estimate of drug-likeness (QED) is 0.808. The van der Waals surface area contributed by atoms with Gasteiger partial charge in [0.1, 0.15) is 11.4 Å². The Morgan fingerprint density at radius 3 is 2.44 bits per heavy atom. The van der Waals surface area contributed by atoms with Crippen molar-refractivity contribution in [3.63, 3.8) is 0 Å². The molecule has 1 unspecified atom stereocenters. The van der Waals surface area contributed by atoms with Crippen molar-refractivity contribution in [2.75, 3.05) is 20.8 Å². The number of benzene rings is 1. The monoisotopic (exact) mass is 229 g/mol. The van der Waals surface area contributed by atoms with E-state index < -0.39 is 11.4 Å². The van der Waals surface area contributed by atoms with E-state index in [1.807, 2.05) is 0 Å². The van der Waals surface area contributed by atoms with Gasteiger partial charge in [0, 0.05) is 6.54 Å². The van der Waals surface area contributed by atoms with Crippen molar-refractivity contribution < 1.29 is 19.0 Å². The van der Waals surface area contributed by atoms with Gasteiger partial charge in [0.25, 0.3) is 0 Å². The molecule has 4 nitrogen and oxygen atoms in total. The van der Waals surface area contributed by atoms with E-state index in [1.165, 1.54) is 33.3 Å². The van der Waals surface area contributed by atoms with Crippen LogP contribution in [0, 0.1) is 5.82 Å². The normalized spacial score (nSPS) is 14.4. The summed E-state index contributed by atoms with van der Waals surface area (Å²) >= 11 is 0. The summed E-state index contributed by atoms with van der Waals surface area (Å²) in [5.74, 6) is -0.268. The van der Waals surface area contributed by atoms with Crippen LogP contribution in [0.25, 0.3) is 0 Å². The Morgan fingerprint density at radius 1 is 1.38 bits per heavy atom. The maximum absolute atomic E-state index is 13.5. The van der Waals surface area contributed by atoms with Crippen LogP contribution in [-0.2, 0) is 5.60 Å². The molecule has 0 spiro atoms. The van der Waals surface area contributed by atoms with Crippen molar-refractivity contribution in [2.45, 2.75) is 12.5 Å². The molecule has 3 N–H and O–H groups in total. The molecule has 16 heavy (non-hydrogen) atoms. The third kappa shape index (κ3) is 2.10. The average molecular weight is 229 g/mol. The fraction of sp³-hybridized carbons (Fsp3) is 0.455. The van der Waals surface area contributed by atoms with E-state index in [9.17, 15) is 9.50 Å². The predicted octanol–water partition coefficient (Wildman–Crippen LogP) is 1.01. The van der Waals surface area contributed by atoms with Crippen molar-refractivity contribution in [2.24, 2.45) is 5.73 Å². The molecule has 1 aromatic rings. The first kappa shape index (κ1) is 12.7. The molecule has 0 fully saturated rings. The van der Waals surface area contributed by atoms with Crippen molar-refractivity contribution >= 4 is 0 Å². The molecule has 0 heterocycles. The molecule has 1 rings (SSSR count). The molecule has 0 saturated heterocycles. The van der Waals surface area contributed by atoms with Gasteiger partial charge in [-0.3, -0.25) is 0 Å². The van der Waals surface area contributed by atoms with Crippen molar-refractivity contribution in [1.29, 1.82) is 0 Å². The van der Waals surface area contributed by atoms with Gasteiger partial charge >= 0.3 is 0 Å². The SMILES string of the molecule is COc1ccc(F)c(OC)c1C(C)(O)CN. The van der Waals surface area contributed by atoms with Gasteiger partial charge in [-0.1, -0.05) is 0 Å². The van der Waals surface area contributed by atoms with E-state index in [2.05, 4.69) is 0 Å². The number of aliphatic hydroxyl groups is 1. The predicted molar refractivity (Wildman–Crippen MR) is 58.1 cm³/mol. The molecule has 0 aliphatic heterocycles. The number of halogens is 1. The zero-order valence-corrected chi connectivity index (χ0v) is 9.58. The molecule has 90 valence electrons. The standard InChI is InChI=1S/C11H16FNO3/c1-11(14,6-13)9-8(15-2)5-4-7(12)10(9)16-3/h4-5,14H,6,13H2,1-3H3. The van der Waals surface area contributed by atoms with Gasteiger partial charge in [0.15, 0.2) is 11.6 Å². The Balaban J connectivity index is 3.48. The van der Waals surface area contributed by atoms with Gasteiger partial charge in [0.05, 0.1) is 19.8 Å². The molecule has 0 aliphatic rings. The second-order valence-electron chi connectivity index (χ2n) is 3.64. The van der Waals surface area contributed by atoms with Gasteiger partial charge in [-0.15, -0.1) is 0 Å². The minimum absolute atomic E-state index is 0.0465. The van der Waals surface area contributed by atoms with E-state index in [0.29, 0.717) is 5.75 Å². The molecule has 0 aliphatic carbocycles. The second-order valence-corrected chi connectivity index (χ2v) is 3.64. The van der Waals surface area contributed by atoms with E-state index in [-0.39, 0.29) is 17.9 Å². The molecule has 0 amide bonds. The molecule has 1 aromatic carbocycles. The Hall–Kier alpha value is -1.33. The van der Waals surface area contributed by atoms with Gasteiger partial charge in [-0.25, -0.2) is 4.39 Å². The third-order valence-electron chi connectivity index (χ3n) is 2.43. The number of nitrogens with two attached hydrogens (primary N) is 1. The molecule has 0 radical (unpaired) electrons. The highest BCUT2D eigenvalue weighted by atomic mass is 19.1. The lowest BCUT2D eigenvalue weighted by Crippen LogP contribution is -2.32. The molecule has 5 heteroatoms. The van der Waals surface area contributed by atoms with Crippen molar-refractivity contribution in [3.8, 4) is 11.5 Å². The van der Waals surface area contributed by atoms with Crippen LogP contribution in [0.4, 0.5) is 4.39 Å². The van der Waals surface area contributed by atoms with Gasteiger partial charge in [0.2, 0.25) is 0 Å². The lowest BCUT2D eigenvalue weighted by Gasteiger charge is -2.26. The van der Waals surface area contributed by atoms with Crippen LogP contribution in [0.3, 0.4) is 0 Å². The van der Waals surface area contributed by atoms with Crippen LogP contribution in [0.2, 0.25) is 0 Å². The van der Waals surface area contributed by atoms with Gasteiger partial charge < -0.3 is 20.3 Å². The summed E-state index contributed by atoms with van der Waals surface area (Å²) in [4.78, 5) is 0. The maximum Gasteiger partial charge on any atom is 0.165 e. The first-order valence-corrected chi connectivity index (χ1v) is 4.81. The Labute approximate surface area is 93.8 Å². The summed E-state index contributed by atoms with van der Waals surface area (Å²) in [6, 6.07) is 2.64. The first-order chi connectivity index (χ1) is 7.47. The zero-order chi connectivity index (χ0) is 12.3. The topological polar surface area (TPSA) is 64.7 Å². The average Bonchev–Trinajstić information content (AvgIpc) is 2.28. The Kier molecular flexibility index (Phi) is 3.72. The summed E-state index contributed by atoms with van der Waals surface area (Å²) < 4.78 is 23.5. The van der Waals surface area contributed by atoms with E-state index in [4.69, 9.17) is 15.2 Å². The molecule has 0 saturated carbocycles. The zero-order valence-electron chi connectivity index (χ0n) is 9.58. The minimum Gasteiger partial charge on any atom is -0.496 e. The lowest BCUT2D eigenvalue weighted by atomic mass is 9.94. The number of hydrogen-bond acceptors (Lipinski definition) is 4. The second kappa shape index (κ2) is 4.67. The van der Waals surface area contributed by atoms with Crippen LogP contribution >= 0.6 is 0 Å². The largest absolute Gasteiger partial charge is 0.496 e. The highest BCUT2D eigenvalue weighted by Gasteiger charge is 2.31. The summed E-state index contributed by atoms with van der Waals surface area (Å²) in [5.41, 5.74) is 4.27. The van der Waals surface area contributed by atoms with Crippen LogP contribution in [0.15, 0.2) is 12.1 Å². The third-order valence-corrected chi connectivity index (χ3v) is 2.43. The number of hydrogen-bond donors (Lipinski definition) is 2. The van der Waals surface area contributed by atoms with Crippen molar-refractivity contribution in [1.82, 2.24) is 0 Å². The van der Waals surface area contributed by atoms with E-state index >= 15 is 0 Å². The highest BCUT2D eigenvalue weighted by Crippen LogP contribution is 2.38. The van der Waals surface area contributed by atoms with E-state index in [0.717, 1.165) is 0 Å². The number of methoxy groups -OCH3 is 2. The smallest absolute Gasteiger partial charge is 0.165 e. The van der Waals surface area contributed by atoms with Crippen LogP contribution in [0.1, 0.15) is 12.5 Å². The first-order valence-electron chi connectivity index (χ1n) is 4.81. The molecule has 0 bridgehead atoms. The van der Waals surface area contributed by atoms with Crippen LogP contribution in [0.5, 0.6) is 11.5 Å². The molecular formula is C11H16FNO3. The summed E-state index contributed by atoms with van der Waals surface area (Å²) in [6.45, 7) is 1.41. The summed E-state index contributed by atoms with van der Waals surface area (Å²) in [6.07, 6.45) is 0. The summed E-state index contributed by atoms with van der Waals surface area (Å²) in [7, 11) is 2.76. The lowest BCUT2D eigenvalue weighted by molar-refractivity contribution is 0.0605. The molecule has 0 aromatic heterocycles. The van der Waals surface area contributed by atoms with Gasteiger partial charge in [-0.05, 0) is 19.1 Å². The van der Waals surface area contributed by atoms with Crippen LogP contribution < -0.4 is 15.2 Å². The fourth-order valence-corrected chi connectivity index (χ4v) is 1.52. The fourth-order valence-electron chi connectivity index (χ4n) is 1.52. The Morgan fingerprint density at radius 2 is 2.00 bits per heavy atom. The van der Waals surface area contributed by atoms with Crippen LogP contribution in [-0.4, -0.2) is 25.9 Å². The summed E-state index contributed by atoms with van der Waals surface area (Å²) in [5, 5.41) is 10.1. The number of rotatable bonds is 4. The minimum atomic E-state index is -1.40. The highest BCUT2D eigenvalue weighted by molar-refractivity contribution is 5.49. The molecular weight excluding hydrogens is 213 g/mol. The maximum atomic E-state index is 13.5. The number of ether oxygens (including phenoxy) is 2. The Bertz CT molecular complexity index is 380. The van der Waals surface area contributed by atoms with Gasteiger partial charge in [-0.2, -0.15) is 0 Å². The van der Waals surface area contributed by atoms with E-state index in [1.54, 1.807) is 0 Å². The van der Waals surface area contributed by atoms with Crippen molar-refractivity contribution in [3.05, 3.63) is 23.5 Å². The molecule has 1 atom stereocenters.